The van der Waals surface area contributed by atoms with Crippen molar-refractivity contribution < 1.29 is 0 Å². The molecule has 0 radical (unpaired) electrons. The Hall–Kier alpha value is -0.930. The second-order valence-electron chi connectivity index (χ2n) is 6.05. The van der Waals surface area contributed by atoms with Crippen LogP contribution in [0.25, 0.3) is 0 Å². The van der Waals surface area contributed by atoms with Crippen molar-refractivity contribution in [3.8, 4) is 0 Å². The summed E-state index contributed by atoms with van der Waals surface area (Å²) in [7, 11) is 2.22. The van der Waals surface area contributed by atoms with Gasteiger partial charge in [-0.2, -0.15) is 0 Å². The highest BCUT2D eigenvalue weighted by atomic mass is 15.2. The summed E-state index contributed by atoms with van der Waals surface area (Å²) in [4.78, 5) is 6.99. The molecule has 2 rings (SSSR count). The number of nitrogens with two attached hydrogens (primary N) is 1. The first-order valence-electron chi connectivity index (χ1n) is 7.49. The van der Waals surface area contributed by atoms with Crippen molar-refractivity contribution in [2.24, 2.45) is 11.7 Å². The van der Waals surface area contributed by atoms with Crippen molar-refractivity contribution in [1.29, 1.82) is 0 Å². The number of likely N-dealkylation sites (N-methyl/N-ethyl adjacent to an activating group) is 1. The number of aromatic nitrogens is 1. The van der Waals surface area contributed by atoms with Crippen LogP contribution in [-0.2, 0) is 0 Å². The summed E-state index contributed by atoms with van der Waals surface area (Å²) in [6.07, 6.45) is 7.20. The van der Waals surface area contributed by atoms with Crippen LogP contribution in [0.4, 0.5) is 0 Å². The monoisotopic (exact) mass is 261 g/mol. The van der Waals surface area contributed by atoms with E-state index in [1.807, 2.05) is 12.3 Å². The van der Waals surface area contributed by atoms with E-state index in [4.69, 9.17) is 5.73 Å². The van der Waals surface area contributed by atoms with E-state index in [1.165, 1.54) is 25.7 Å². The molecule has 0 aliphatic heterocycles. The van der Waals surface area contributed by atoms with Crippen LogP contribution in [0.5, 0.6) is 0 Å². The van der Waals surface area contributed by atoms with E-state index in [-0.39, 0.29) is 12.1 Å². The Morgan fingerprint density at radius 2 is 2.05 bits per heavy atom. The van der Waals surface area contributed by atoms with E-state index < -0.39 is 0 Å². The number of nitrogens with zero attached hydrogens (tertiary/aromatic N) is 2. The third-order valence-corrected chi connectivity index (χ3v) is 4.52. The second kappa shape index (κ2) is 6.49. The maximum absolute atomic E-state index is 6.24. The summed E-state index contributed by atoms with van der Waals surface area (Å²) in [6.45, 7) is 4.46. The van der Waals surface area contributed by atoms with Crippen molar-refractivity contribution in [1.82, 2.24) is 9.88 Å². The number of hydrogen-bond acceptors (Lipinski definition) is 3. The van der Waals surface area contributed by atoms with Gasteiger partial charge in [0.1, 0.15) is 0 Å². The summed E-state index contributed by atoms with van der Waals surface area (Å²) in [5, 5.41) is 0. The number of pyridine rings is 1. The third-order valence-electron chi connectivity index (χ3n) is 4.52. The fourth-order valence-corrected chi connectivity index (χ4v) is 3.51. The van der Waals surface area contributed by atoms with Crippen LogP contribution in [0.2, 0.25) is 0 Å². The van der Waals surface area contributed by atoms with Crippen LogP contribution >= 0.6 is 0 Å². The van der Waals surface area contributed by atoms with Crippen molar-refractivity contribution >= 4 is 0 Å². The average molecular weight is 261 g/mol. The smallest absolute Gasteiger partial charge is 0.0670 e. The van der Waals surface area contributed by atoms with Crippen molar-refractivity contribution in [3.63, 3.8) is 0 Å². The van der Waals surface area contributed by atoms with Gasteiger partial charge in [0.15, 0.2) is 0 Å². The van der Waals surface area contributed by atoms with Crippen LogP contribution in [0.1, 0.15) is 51.3 Å². The first-order chi connectivity index (χ1) is 9.11. The molecule has 106 valence electrons. The zero-order valence-corrected chi connectivity index (χ0v) is 12.4. The van der Waals surface area contributed by atoms with Crippen molar-refractivity contribution in [3.05, 3.63) is 30.1 Å². The summed E-state index contributed by atoms with van der Waals surface area (Å²) >= 11 is 0. The fraction of sp³-hybridized carbons (Fsp3) is 0.688. The summed E-state index contributed by atoms with van der Waals surface area (Å²) < 4.78 is 0. The molecule has 3 heteroatoms. The van der Waals surface area contributed by atoms with Gasteiger partial charge in [-0.15, -0.1) is 0 Å². The minimum absolute atomic E-state index is 0.0917. The van der Waals surface area contributed by atoms with Gasteiger partial charge in [0.05, 0.1) is 11.7 Å². The van der Waals surface area contributed by atoms with Gasteiger partial charge in [0.2, 0.25) is 0 Å². The summed E-state index contributed by atoms with van der Waals surface area (Å²) in [5.74, 6) is 0.753. The van der Waals surface area contributed by atoms with Crippen LogP contribution in [0, 0.1) is 5.92 Å². The van der Waals surface area contributed by atoms with Crippen molar-refractivity contribution in [2.75, 3.05) is 7.05 Å². The molecular formula is C16H27N3. The van der Waals surface area contributed by atoms with E-state index in [0.717, 1.165) is 11.6 Å². The van der Waals surface area contributed by atoms with E-state index in [9.17, 15) is 0 Å². The number of hydrogen-bond donors (Lipinski definition) is 1. The Kier molecular flexibility index (Phi) is 4.94. The molecule has 1 fully saturated rings. The molecule has 4 unspecified atom stereocenters. The highest BCUT2D eigenvalue weighted by Gasteiger charge is 2.32. The maximum Gasteiger partial charge on any atom is 0.0670 e. The zero-order valence-electron chi connectivity index (χ0n) is 12.4. The van der Waals surface area contributed by atoms with Crippen LogP contribution in [0.15, 0.2) is 24.4 Å². The first-order valence-corrected chi connectivity index (χ1v) is 7.49. The summed E-state index contributed by atoms with van der Waals surface area (Å²) in [6, 6.07) is 7.05. The highest BCUT2D eigenvalue weighted by molar-refractivity contribution is 5.11. The molecular weight excluding hydrogens is 234 g/mol. The molecule has 1 saturated carbocycles. The highest BCUT2D eigenvalue weighted by Crippen LogP contribution is 2.32. The Morgan fingerprint density at radius 3 is 2.63 bits per heavy atom. The van der Waals surface area contributed by atoms with Crippen molar-refractivity contribution in [2.45, 2.75) is 57.7 Å². The lowest BCUT2D eigenvalue weighted by Gasteiger charge is -2.42. The van der Waals surface area contributed by atoms with E-state index in [1.54, 1.807) is 0 Å². The van der Waals surface area contributed by atoms with E-state index in [0.29, 0.717) is 6.04 Å². The first kappa shape index (κ1) is 14.5. The predicted molar refractivity (Wildman–Crippen MR) is 79.8 cm³/mol. The van der Waals surface area contributed by atoms with Gasteiger partial charge in [0, 0.05) is 18.3 Å². The quantitative estimate of drug-likeness (QED) is 0.906. The average Bonchev–Trinajstić information content (AvgIpc) is 2.40. The lowest BCUT2D eigenvalue weighted by Crippen LogP contribution is -2.46. The molecule has 1 aromatic heterocycles. The van der Waals surface area contributed by atoms with Gasteiger partial charge < -0.3 is 5.73 Å². The third kappa shape index (κ3) is 3.34. The lowest BCUT2D eigenvalue weighted by molar-refractivity contribution is 0.0840. The molecule has 1 aliphatic carbocycles. The van der Waals surface area contributed by atoms with Gasteiger partial charge in [-0.3, -0.25) is 9.88 Å². The largest absolute Gasteiger partial charge is 0.326 e. The van der Waals surface area contributed by atoms with Gasteiger partial charge in [-0.05, 0) is 44.9 Å². The molecule has 0 amide bonds. The van der Waals surface area contributed by atoms with Gasteiger partial charge in [-0.25, -0.2) is 0 Å². The Bertz CT molecular complexity index is 377. The Labute approximate surface area is 117 Å². The Balaban J connectivity index is 2.19. The summed E-state index contributed by atoms with van der Waals surface area (Å²) in [5.41, 5.74) is 7.34. The molecule has 0 spiro atoms. The van der Waals surface area contributed by atoms with E-state index in [2.05, 4.69) is 42.9 Å². The van der Waals surface area contributed by atoms with E-state index >= 15 is 0 Å². The molecule has 1 aliphatic rings. The molecule has 1 heterocycles. The van der Waals surface area contributed by atoms with Gasteiger partial charge in [-0.1, -0.05) is 25.8 Å². The normalized spacial score (nSPS) is 27.2. The van der Waals surface area contributed by atoms with Crippen LogP contribution < -0.4 is 5.73 Å². The van der Waals surface area contributed by atoms with Crippen LogP contribution in [-0.4, -0.2) is 29.0 Å². The SMILES string of the molecule is CC(N)C(c1ccccn1)N(C)C1CCCCC1C. The molecule has 19 heavy (non-hydrogen) atoms. The Morgan fingerprint density at radius 1 is 1.32 bits per heavy atom. The molecule has 2 N–H and O–H groups in total. The molecule has 1 aromatic rings. The minimum atomic E-state index is 0.0917. The van der Waals surface area contributed by atoms with Gasteiger partial charge in [0.25, 0.3) is 0 Å². The second-order valence-corrected chi connectivity index (χ2v) is 6.05. The minimum Gasteiger partial charge on any atom is -0.326 e. The zero-order chi connectivity index (χ0) is 13.8. The standard InChI is InChI=1S/C16H27N3/c1-12-8-4-5-10-15(12)19(3)16(13(2)17)14-9-6-7-11-18-14/h6-7,9,11-13,15-16H,4-5,8,10,17H2,1-3H3. The molecule has 0 bridgehead atoms. The topological polar surface area (TPSA) is 42.1 Å². The van der Waals surface area contributed by atoms with Crippen LogP contribution in [0.3, 0.4) is 0 Å². The maximum atomic E-state index is 6.24. The van der Waals surface area contributed by atoms with Gasteiger partial charge >= 0.3 is 0 Å². The predicted octanol–water partition coefficient (Wildman–Crippen LogP) is 2.98. The molecule has 3 nitrogen and oxygen atoms in total. The molecule has 0 saturated heterocycles. The molecule has 0 aromatic carbocycles. The lowest BCUT2D eigenvalue weighted by atomic mass is 9.84. The fourth-order valence-electron chi connectivity index (χ4n) is 3.51. The number of rotatable bonds is 4. The molecule has 4 atom stereocenters.